The first-order valence-corrected chi connectivity index (χ1v) is 7.88. The van der Waals surface area contributed by atoms with Gasteiger partial charge in [-0.05, 0) is 63.3 Å². The van der Waals surface area contributed by atoms with E-state index < -0.39 is 0 Å². The van der Waals surface area contributed by atoms with E-state index in [1.807, 2.05) is 75.3 Å². The van der Waals surface area contributed by atoms with Crippen molar-refractivity contribution in [3.63, 3.8) is 0 Å². The summed E-state index contributed by atoms with van der Waals surface area (Å²) in [6.07, 6.45) is 0. The zero-order valence-corrected chi connectivity index (χ0v) is 14.6. The van der Waals surface area contributed by atoms with E-state index in [1.54, 1.807) is 6.07 Å². The van der Waals surface area contributed by atoms with E-state index in [0.717, 1.165) is 17.7 Å². The van der Waals surface area contributed by atoms with Crippen LogP contribution in [0.1, 0.15) is 29.8 Å². The lowest BCUT2D eigenvalue weighted by molar-refractivity contribution is 0.0899. The standard InChI is InChI=1S/C20H23N3O/c1-20(2,14-23(3)4)22-19(24)17-10-8-16(9-11-17)18-7-5-6-15(12-18)13-21/h5-12H,14H2,1-4H3,(H,22,24). The number of likely N-dealkylation sites (N-methyl/N-ethyl adjacent to an activating group) is 1. The smallest absolute Gasteiger partial charge is 0.251 e. The van der Waals surface area contributed by atoms with Gasteiger partial charge in [-0.3, -0.25) is 4.79 Å². The lowest BCUT2D eigenvalue weighted by atomic mass is 10.0. The summed E-state index contributed by atoms with van der Waals surface area (Å²) in [5.41, 5.74) is 2.90. The van der Waals surface area contributed by atoms with Gasteiger partial charge in [0, 0.05) is 17.6 Å². The minimum Gasteiger partial charge on any atom is -0.346 e. The molecule has 0 saturated heterocycles. The van der Waals surface area contributed by atoms with Gasteiger partial charge in [0.1, 0.15) is 0 Å². The van der Waals surface area contributed by atoms with Crippen LogP contribution in [0.3, 0.4) is 0 Å². The van der Waals surface area contributed by atoms with Gasteiger partial charge in [-0.25, -0.2) is 0 Å². The fraction of sp³-hybridized carbons (Fsp3) is 0.300. The van der Waals surface area contributed by atoms with Crippen LogP contribution < -0.4 is 5.32 Å². The highest BCUT2D eigenvalue weighted by atomic mass is 16.1. The molecule has 0 fully saturated rings. The van der Waals surface area contributed by atoms with E-state index in [4.69, 9.17) is 5.26 Å². The first-order valence-electron chi connectivity index (χ1n) is 7.88. The first-order chi connectivity index (χ1) is 11.3. The Morgan fingerprint density at radius 2 is 1.79 bits per heavy atom. The predicted molar refractivity (Wildman–Crippen MR) is 96.7 cm³/mol. The van der Waals surface area contributed by atoms with Crippen molar-refractivity contribution >= 4 is 5.91 Å². The SMILES string of the molecule is CN(C)CC(C)(C)NC(=O)c1ccc(-c2cccc(C#N)c2)cc1. The van der Waals surface area contributed by atoms with Crippen LogP contribution in [0.5, 0.6) is 0 Å². The zero-order valence-electron chi connectivity index (χ0n) is 14.6. The molecule has 0 atom stereocenters. The van der Waals surface area contributed by atoms with Gasteiger partial charge < -0.3 is 10.2 Å². The largest absolute Gasteiger partial charge is 0.346 e. The molecule has 124 valence electrons. The molecule has 0 heterocycles. The summed E-state index contributed by atoms with van der Waals surface area (Å²) >= 11 is 0. The van der Waals surface area contributed by atoms with Gasteiger partial charge in [0.2, 0.25) is 0 Å². The molecule has 0 aliphatic carbocycles. The van der Waals surface area contributed by atoms with Crippen LogP contribution in [0.15, 0.2) is 48.5 Å². The Bertz CT molecular complexity index is 755. The van der Waals surface area contributed by atoms with Crippen molar-refractivity contribution in [2.24, 2.45) is 0 Å². The molecular weight excluding hydrogens is 298 g/mol. The van der Waals surface area contributed by atoms with Gasteiger partial charge in [-0.2, -0.15) is 5.26 Å². The van der Waals surface area contributed by atoms with E-state index in [1.165, 1.54) is 0 Å². The minimum atomic E-state index is -0.305. The molecule has 1 amide bonds. The van der Waals surface area contributed by atoms with Crippen LogP contribution in [-0.2, 0) is 0 Å². The molecule has 24 heavy (non-hydrogen) atoms. The van der Waals surface area contributed by atoms with Crippen molar-refractivity contribution in [3.05, 3.63) is 59.7 Å². The molecule has 2 aromatic rings. The van der Waals surface area contributed by atoms with Crippen molar-refractivity contribution in [1.82, 2.24) is 10.2 Å². The number of carbonyl (C=O) groups is 1. The number of nitrogens with zero attached hydrogens (tertiary/aromatic N) is 2. The summed E-state index contributed by atoms with van der Waals surface area (Å²) in [5, 5.41) is 12.0. The lowest BCUT2D eigenvalue weighted by Gasteiger charge is -2.29. The molecule has 2 aromatic carbocycles. The Hall–Kier alpha value is -2.64. The van der Waals surface area contributed by atoms with Gasteiger partial charge in [-0.15, -0.1) is 0 Å². The molecule has 0 radical (unpaired) electrons. The molecule has 0 aromatic heterocycles. The monoisotopic (exact) mass is 321 g/mol. The first kappa shape index (κ1) is 17.7. The summed E-state index contributed by atoms with van der Waals surface area (Å²) < 4.78 is 0. The molecule has 0 bridgehead atoms. The van der Waals surface area contributed by atoms with E-state index >= 15 is 0 Å². The van der Waals surface area contributed by atoms with Gasteiger partial charge in [0.15, 0.2) is 0 Å². The summed E-state index contributed by atoms with van der Waals surface area (Å²) in [7, 11) is 3.97. The molecule has 1 N–H and O–H groups in total. The number of nitrogens with one attached hydrogen (secondary N) is 1. The Morgan fingerprint density at radius 3 is 2.38 bits per heavy atom. The second-order valence-electron chi connectivity index (χ2n) is 6.85. The highest BCUT2D eigenvalue weighted by Gasteiger charge is 2.21. The maximum absolute atomic E-state index is 12.4. The highest BCUT2D eigenvalue weighted by molar-refractivity contribution is 5.95. The number of hydrogen-bond acceptors (Lipinski definition) is 3. The summed E-state index contributed by atoms with van der Waals surface area (Å²) in [6.45, 7) is 4.77. The molecular formula is C20H23N3O. The molecule has 0 unspecified atom stereocenters. The number of rotatable bonds is 5. The van der Waals surface area contributed by atoms with Crippen molar-refractivity contribution in [3.8, 4) is 17.2 Å². The van der Waals surface area contributed by atoms with Crippen LogP contribution in [0.4, 0.5) is 0 Å². The maximum Gasteiger partial charge on any atom is 0.251 e. The number of amides is 1. The minimum absolute atomic E-state index is 0.0841. The molecule has 2 rings (SSSR count). The van der Waals surface area contributed by atoms with Crippen molar-refractivity contribution in [2.45, 2.75) is 19.4 Å². The van der Waals surface area contributed by atoms with Gasteiger partial charge in [-0.1, -0.05) is 24.3 Å². The van der Waals surface area contributed by atoms with Crippen LogP contribution in [-0.4, -0.2) is 37.0 Å². The zero-order chi connectivity index (χ0) is 17.7. The van der Waals surface area contributed by atoms with Crippen LogP contribution >= 0.6 is 0 Å². The normalized spacial score (nSPS) is 11.2. The third-order valence-corrected chi connectivity index (χ3v) is 3.64. The summed E-state index contributed by atoms with van der Waals surface area (Å²) in [6, 6.07) is 17.0. The van der Waals surface area contributed by atoms with Gasteiger partial charge in [0.05, 0.1) is 11.6 Å². The number of nitriles is 1. The quantitative estimate of drug-likeness (QED) is 0.919. The second kappa shape index (κ2) is 7.29. The average molecular weight is 321 g/mol. The number of carbonyl (C=O) groups excluding carboxylic acids is 1. The van der Waals surface area contributed by atoms with E-state index in [2.05, 4.69) is 11.4 Å². The fourth-order valence-electron chi connectivity index (χ4n) is 2.79. The number of hydrogen-bond donors (Lipinski definition) is 1. The average Bonchev–Trinajstić information content (AvgIpc) is 2.53. The van der Waals surface area contributed by atoms with Crippen LogP contribution in [0.2, 0.25) is 0 Å². The van der Waals surface area contributed by atoms with Gasteiger partial charge >= 0.3 is 0 Å². The molecule has 0 spiro atoms. The molecule has 4 heteroatoms. The van der Waals surface area contributed by atoms with Crippen molar-refractivity contribution in [2.75, 3.05) is 20.6 Å². The molecule has 0 saturated carbocycles. The number of benzene rings is 2. The Labute approximate surface area is 143 Å². The second-order valence-corrected chi connectivity index (χ2v) is 6.85. The van der Waals surface area contributed by atoms with E-state index in [-0.39, 0.29) is 11.4 Å². The van der Waals surface area contributed by atoms with E-state index in [9.17, 15) is 4.79 Å². The lowest BCUT2D eigenvalue weighted by Crippen LogP contribution is -2.49. The predicted octanol–water partition coefficient (Wildman–Crippen LogP) is 3.30. The van der Waals surface area contributed by atoms with Crippen molar-refractivity contribution in [1.29, 1.82) is 5.26 Å². The molecule has 4 nitrogen and oxygen atoms in total. The third-order valence-electron chi connectivity index (χ3n) is 3.64. The maximum atomic E-state index is 12.4. The van der Waals surface area contributed by atoms with Crippen LogP contribution in [0.25, 0.3) is 11.1 Å². The highest BCUT2D eigenvalue weighted by Crippen LogP contribution is 2.21. The summed E-state index contributed by atoms with van der Waals surface area (Å²) in [4.78, 5) is 14.5. The Morgan fingerprint density at radius 1 is 1.12 bits per heavy atom. The van der Waals surface area contributed by atoms with E-state index in [0.29, 0.717) is 11.1 Å². The summed E-state index contributed by atoms with van der Waals surface area (Å²) in [5.74, 6) is -0.0841. The molecule has 0 aliphatic heterocycles. The topological polar surface area (TPSA) is 56.1 Å². The third kappa shape index (κ3) is 4.68. The van der Waals surface area contributed by atoms with Crippen molar-refractivity contribution < 1.29 is 4.79 Å². The Kier molecular flexibility index (Phi) is 5.38. The van der Waals surface area contributed by atoms with Gasteiger partial charge in [0.25, 0.3) is 5.91 Å². The fourth-order valence-corrected chi connectivity index (χ4v) is 2.79. The molecule has 0 aliphatic rings. The Balaban J connectivity index is 2.14. The van der Waals surface area contributed by atoms with Crippen LogP contribution in [0, 0.1) is 11.3 Å².